The van der Waals surface area contributed by atoms with Crippen molar-refractivity contribution in [3.05, 3.63) is 48.2 Å². The first-order valence-electron chi connectivity index (χ1n) is 4.45. The van der Waals surface area contributed by atoms with Crippen molar-refractivity contribution in [3.8, 4) is 11.6 Å². The first-order valence-corrected chi connectivity index (χ1v) is 4.83. The van der Waals surface area contributed by atoms with Gasteiger partial charge in [0.05, 0.1) is 10.7 Å². The largest absolute Gasteiger partial charge is 0.473 e. The highest BCUT2D eigenvalue weighted by Crippen LogP contribution is 2.22. The van der Waals surface area contributed by atoms with Gasteiger partial charge in [-0.2, -0.15) is 0 Å². The van der Waals surface area contributed by atoms with Gasteiger partial charge in [-0.3, -0.25) is 0 Å². The van der Waals surface area contributed by atoms with E-state index in [0.29, 0.717) is 10.9 Å². The fourth-order valence-corrected chi connectivity index (χ4v) is 1.64. The van der Waals surface area contributed by atoms with Gasteiger partial charge in [0.25, 0.3) is 0 Å². The van der Waals surface area contributed by atoms with Gasteiger partial charge in [-0.1, -0.05) is 17.7 Å². The molecule has 0 aliphatic rings. The van der Waals surface area contributed by atoms with Crippen molar-refractivity contribution in [1.82, 2.24) is 9.78 Å². The minimum atomic E-state index is 0.464. The lowest BCUT2D eigenvalue weighted by molar-refractivity contribution is 0.448. The van der Waals surface area contributed by atoms with Gasteiger partial charge in [0, 0.05) is 12.3 Å². The lowest BCUT2D eigenvalue weighted by atomic mass is 10.2. The molecule has 1 aromatic carbocycles. The van der Waals surface area contributed by atoms with Crippen molar-refractivity contribution in [2.24, 2.45) is 0 Å². The number of ether oxygens (including phenoxy) is 1. The minimum absolute atomic E-state index is 0.464. The zero-order chi connectivity index (χ0) is 10.8. The Morgan fingerprint density at radius 3 is 2.80 bits per heavy atom. The Morgan fingerprint density at radius 2 is 2.20 bits per heavy atom. The van der Waals surface area contributed by atoms with Gasteiger partial charge in [0.15, 0.2) is 0 Å². The Hall–Kier alpha value is -1.48. The molecule has 0 atom stereocenters. The van der Waals surface area contributed by atoms with E-state index in [1.807, 2.05) is 25.1 Å². The number of halogens is 1. The number of nitrogens with zero attached hydrogens (tertiary/aromatic N) is 2. The van der Waals surface area contributed by atoms with Gasteiger partial charge >= 0.3 is 0 Å². The van der Waals surface area contributed by atoms with Gasteiger partial charge in [-0.15, -0.1) is 5.10 Å². The molecule has 2 aromatic rings. The van der Waals surface area contributed by atoms with Crippen LogP contribution in [-0.2, 0) is 0 Å². The van der Waals surface area contributed by atoms with E-state index in [4.69, 9.17) is 16.3 Å². The van der Waals surface area contributed by atoms with Crippen LogP contribution in [0.4, 0.5) is 0 Å². The standard InChI is InChI=1S/C11H10ClN2O/c1-8-3-4-10(9(12)7-8)14-6-5-11(13-14)15-2/h3-7H,2H2,1H3. The predicted octanol–water partition coefficient (Wildman–Crippen LogP) is 3.00. The number of rotatable bonds is 2. The number of hydrogen-bond acceptors (Lipinski definition) is 2. The highest BCUT2D eigenvalue weighted by molar-refractivity contribution is 6.32. The summed E-state index contributed by atoms with van der Waals surface area (Å²) < 4.78 is 6.41. The SMILES string of the molecule is [CH2]Oc1ccn(-c2ccc(C)cc2Cl)n1. The molecular formula is C11H10ClN2O. The fraction of sp³-hybridized carbons (Fsp3) is 0.0909. The van der Waals surface area contributed by atoms with Crippen LogP contribution in [0.25, 0.3) is 5.69 Å². The molecule has 0 N–H and O–H groups in total. The molecule has 2 rings (SSSR count). The van der Waals surface area contributed by atoms with Gasteiger partial charge in [-0.05, 0) is 24.6 Å². The van der Waals surface area contributed by atoms with Crippen molar-refractivity contribution < 1.29 is 4.74 Å². The molecule has 1 aromatic heterocycles. The number of hydrogen-bond donors (Lipinski definition) is 0. The van der Waals surface area contributed by atoms with E-state index in [0.717, 1.165) is 11.3 Å². The Labute approximate surface area is 93.2 Å². The molecule has 1 radical (unpaired) electrons. The van der Waals surface area contributed by atoms with Crippen molar-refractivity contribution >= 4 is 11.6 Å². The third kappa shape index (κ3) is 1.97. The van der Waals surface area contributed by atoms with Crippen molar-refractivity contribution in [2.45, 2.75) is 6.92 Å². The maximum Gasteiger partial charge on any atom is 0.233 e. The first kappa shape index (κ1) is 10.1. The van der Waals surface area contributed by atoms with Crippen LogP contribution in [0.1, 0.15) is 5.56 Å². The molecule has 0 fully saturated rings. The number of aromatic nitrogens is 2. The smallest absolute Gasteiger partial charge is 0.233 e. The summed E-state index contributed by atoms with van der Waals surface area (Å²) >= 11 is 6.10. The van der Waals surface area contributed by atoms with E-state index in [-0.39, 0.29) is 0 Å². The van der Waals surface area contributed by atoms with Crippen molar-refractivity contribution in [1.29, 1.82) is 0 Å². The molecule has 0 aliphatic carbocycles. The molecule has 0 unspecified atom stereocenters. The Bertz CT molecular complexity index is 479. The van der Waals surface area contributed by atoms with E-state index in [2.05, 4.69) is 12.2 Å². The maximum atomic E-state index is 6.10. The van der Waals surface area contributed by atoms with Crippen LogP contribution >= 0.6 is 11.6 Å². The van der Waals surface area contributed by atoms with E-state index in [1.165, 1.54) is 0 Å². The van der Waals surface area contributed by atoms with Crippen molar-refractivity contribution in [2.75, 3.05) is 0 Å². The monoisotopic (exact) mass is 221 g/mol. The van der Waals surface area contributed by atoms with E-state index in [9.17, 15) is 0 Å². The van der Waals surface area contributed by atoms with E-state index < -0.39 is 0 Å². The summed E-state index contributed by atoms with van der Waals surface area (Å²) in [6.45, 7) is 1.99. The van der Waals surface area contributed by atoms with Gasteiger partial charge in [0.2, 0.25) is 5.88 Å². The van der Waals surface area contributed by atoms with Crippen LogP contribution in [0.5, 0.6) is 5.88 Å². The molecule has 0 saturated carbocycles. The van der Waals surface area contributed by atoms with Crippen LogP contribution in [0.15, 0.2) is 30.5 Å². The second-order valence-corrected chi connectivity index (χ2v) is 3.60. The molecule has 1 heterocycles. The van der Waals surface area contributed by atoms with E-state index in [1.54, 1.807) is 16.9 Å². The third-order valence-corrected chi connectivity index (χ3v) is 2.37. The summed E-state index contributed by atoms with van der Waals surface area (Å²) in [4.78, 5) is 0. The van der Waals surface area contributed by atoms with Crippen LogP contribution in [0, 0.1) is 14.0 Å². The Balaban J connectivity index is 2.44. The number of aryl methyl sites for hydroxylation is 1. The minimum Gasteiger partial charge on any atom is -0.473 e. The summed E-state index contributed by atoms with van der Waals surface area (Å²) in [7, 11) is 3.29. The van der Waals surface area contributed by atoms with Gasteiger partial charge in [-0.25, -0.2) is 4.68 Å². The average Bonchev–Trinajstić information content (AvgIpc) is 2.66. The van der Waals surface area contributed by atoms with Crippen molar-refractivity contribution in [3.63, 3.8) is 0 Å². The molecule has 4 heteroatoms. The summed E-state index contributed by atoms with van der Waals surface area (Å²) in [5, 5.41) is 4.80. The normalized spacial score (nSPS) is 10.3. The molecule has 3 nitrogen and oxygen atoms in total. The molecule has 0 saturated heterocycles. The second-order valence-electron chi connectivity index (χ2n) is 3.20. The molecule has 0 spiro atoms. The summed E-state index contributed by atoms with van der Waals surface area (Å²) in [6, 6.07) is 7.51. The zero-order valence-electron chi connectivity index (χ0n) is 8.27. The topological polar surface area (TPSA) is 27.1 Å². The fourth-order valence-electron chi connectivity index (χ4n) is 1.32. The van der Waals surface area contributed by atoms with Crippen LogP contribution in [0.2, 0.25) is 5.02 Å². The van der Waals surface area contributed by atoms with Crippen LogP contribution < -0.4 is 4.74 Å². The summed E-state index contributed by atoms with van der Waals surface area (Å²) in [6.07, 6.45) is 1.77. The molecule has 0 amide bonds. The highest BCUT2D eigenvalue weighted by Gasteiger charge is 2.05. The van der Waals surface area contributed by atoms with Crippen LogP contribution in [0.3, 0.4) is 0 Å². The van der Waals surface area contributed by atoms with Gasteiger partial charge < -0.3 is 4.74 Å². The lowest BCUT2D eigenvalue weighted by Crippen LogP contribution is -1.96. The average molecular weight is 222 g/mol. The lowest BCUT2D eigenvalue weighted by Gasteiger charge is -2.04. The summed E-state index contributed by atoms with van der Waals surface area (Å²) in [5.74, 6) is 0.464. The quantitative estimate of drug-likeness (QED) is 0.780. The number of benzene rings is 1. The first-order chi connectivity index (χ1) is 7.20. The second kappa shape index (κ2) is 3.95. The van der Waals surface area contributed by atoms with Crippen LogP contribution in [-0.4, -0.2) is 9.78 Å². The maximum absolute atomic E-state index is 6.10. The molecule has 0 aliphatic heterocycles. The molecule has 0 bridgehead atoms. The van der Waals surface area contributed by atoms with E-state index >= 15 is 0 Å². The zero-order valence-corrected chi connectivity index (χ0v) is 9.03. The Kier molecular flexibility index (Phi) is 2.64. The molecular weight excluding hydrogens is 212 g/mol. The predicted molar refractivity (Wildman–Crippen MR) is 59.3 cm³/mol. The highest BCUT2D eigenvalue weighted by atomic mass is 35.5. The van der Waals surface area contributed by atoms with Gasteiger partial charge in [0.1, 0.15) is 7.11 Å². The Morgan fingerprint density at radius 1 is 1.40 bits per heavy atom. The molecule has 15 heavy (non-hydrogen) atoms. The molecule has 77 valence electrons. The summed E-state index contributed by atoms with van der Waals surface area (Å²) in [5.41, 5.74) is 1.94. The third-order valence-electron chi connectivity index (χ3n) is 2.06.